The van der Waals surface area contributed by atoms with Crippen LogP contribution in [0.5, 0.6) is 0 Å². The molecular weight excluding hydrogens is 196 g/mol. The standard InChI is InChI=1S/C11H18O4/c1-2-6-11(14-8-9-15-11)7-4-3-5-10(12)13/h3,5H,2,4,6-9H2,1H3,(H,12,13)/b5-3+. The smallest absolute Gasteiger partial charge is 0.327 e. The molecule has 4 heteroatoms. The molecule has 1 rings (SSSR count). The summed E-state index contributed by atoms with van der Waals surface area (Å²) in [5.74, 6) is -1.37. The van der Waals surface area contributed by atoms with Gasteiger partial charge in [0.05, 0.1) is 13.2 Å². The average Bonchev–Trinajstić information content (AvgIpc) is 2.62. The highest BCUT2D eigenvalue weighted by atomic mass is 16.7. The predicted molar refractivity (Wildman–Crippen MR) is 55.6 cm³/mol. The molecule has 0 atom stereocenters. The highest BCUT2D eigenvalue weighted by Gasteiger charge is 2.34. The van der Waals surface area contributed by atoms with Crippen LogP contribution >= 0.6 is 0 Å². The van der Waals surface area contributed by atoms with Crippen LogP contribution in [0.25, 0.3) is 0 Å². The van der Waals surface area contributed by atoms with Gasteiger partial charge in [-0.05, 0) is 6.42 Å². The summed E-state index contributed by atoms with van der Waals surface area (Å²) in [6.07, 6.45) is 6.08. The normalized spacial score (nSPS) is 19.8. The molecule has 0 unspecified atom stereocenters. The first-order chi connectivity index (χ1) is 7.18. The van der Waals surface area contributed by atoms with Crippen LogP contribution < -0.4 is 0 Å². The maximum Gasteiger partial charge on any atom is 0.327 e. The molecule has 1 aliphatic heterocycles. The minimum atomic E-state index is -0.909. The van der Waals surface area contributed by atoms with Gasteiger partial charge in [-0.25, -0.2) is 4.79 Å². The van der Waals surface area contributed by atoms with E-state index in [1.807, 2.05) is 0 Å². The van der Waals surface area contributed by atoms with E-state index in [1.54, 1.807) is 6.08 Å². The molecule has 0 bridgehead atoms. The Morgan fingerprint density at radius 2 is 2.07 bits per heavy atom. The molecular formula is C11H18O4. The van der Waals surface area contributed by atoms with Crippen LogP contribution in [-0.2, 0) is 14.3 Å². The van der Waals surface area contributed by atoms with Crippen LogP contribution in [-0.4, -0.2) is 30.1 Å². The molecule has 15 heavy (non-hydrogen) atoms. The monoisotopic (exact) mass is 214 g/mol. The number of rotatable bonds is 6. The van der Waals surface area contributed by atoms with Gasteiger partial charge in [0.25, 0.3) is 0 Å². The fraction of sp³-hybridized carbons (Fsp3) is 0.727. The fourth-order valence-electron chi connectivity index (χ4n) is 1.78. The zero-order valence-electron chi connectivity index (χ0n) is 9.07. The highest BCUT2D eigenvalue weighted by Crippen LogP contribution is 2.29. The number of allylic oxidation sites excluding steroid dienone is 1. The molecule has 1 aliphatic rings. The number of carboxylic acid groups (broad SMARTS) is 1. The Hall–Kier alpha value is -0.870. The van der Waals surface area contributed by atoms with E-state index in [0.717, 1.165) is 25.3 Å². The summed E-state index contributed by atoms with van der Waals surface area (Å²) in [6, 6.07) is 0. The third-order valence-corrected chi connectivity index (χ3v) is 2.40. The predicted octanol–water partition coefficient (Wildman–Crippen LogP) is 1.95. The summed E-state index contributed by atoms with van der Waals surface area (Å²) in [6.45, 7) is 3.37. The SMILES string of the molecule is CCCC1(CC/C=C/C(=O)O)OCCO1. The van der Waals surface area contributed by atoms with E-state index >= 15 is 0 Å². The zero-order chi connectivity index (χ0) is 11.1. The van der Waals surface area contributed by atoms with Crippen molar-refractivity contribution in [2.75, 3.05) is 13.2 Å². The third kappa shape index (κ3) is 4.01. The van der Waals surface area contributed by atoms with E-state index in [0.29, 0.717) is 19.6 Å². The molecule has 1 N–H and O–H groups in total. The molecule has 0 radical (unpaired) electrons. The topological polar surface area (TPSA) is 55.8 Å². The lowest BCUT2D eigenvalue weighted by atomic mass is 10.0. The lowest BCUT2D eigenvalue weighted by Gasteiger charge is -2.26. The van der Waals surface area contributed by atoms with Gasteiger partial charge in [-0.15, -0.1) is 0 Å². The van der Waals surface area contributed by atoms with Crippen molar-refractivity contribution >= 4 is 5.97 Å². The van der Waals surface area contributed by atoms with Gasteiger partial charge in [-0.1, -0.05) is 19.4 Å². The van der Waals surface area contributed by atoms with Gasteiger partial charge >= 0.3 is 5.97 Å². The molecule has 1 heterocycles. The highest BCUT2D eigenvalue weighted by molar-refractivity contribution is 5.79. The second-order valence-corrected chi connectivity index (χ2v) is 3.64. The molecule has 0 amide bonds. The van der Waals surface area contributed by atoms with Crippen LogP contribution in [0.3, 0.4) is 0 Å². The molecule has 4 nitrogen and oxygen atoms in total. The van der Waals surface area contributed by atoms with Crippen molar-refractivity contribution in [3.05, 3.63) is 12.2 Å². The van der Waals surface area contributed by atoms with Crippen molar-refractivity contribution in [3.8, 4) is 0 Å². The molecule has 1 fully saturated rings. The Morgan fingerprint density at radius 1 is 1.40 bits per heavy atom. The van der Waals surface area contributed by atoms with Crippen molar-refractivity contribution in [3.63, 3.8) is 0 Å². The van der Waals surface area contributed by atoms with Crippen LogP contribution in [0.2, 0.25) is 0 Å². The van der Waals surface area contributed by atoms with E-state index in [4.69, 9.17) is 14.6 Å². The summed E-state index contributed by atoms with van der Waals surface area (Å²) < 4.78 is 11.2. The summed E-state index contributed by atoms with van der Waals surface area (Å²) in [7, 11) is 0. The van der Waals surface area contributed by atoms with Gasteiger partial charge in [0.2, 0.25) is 0 Å². The zero-order valence-corrected chi connectivity index (χ0v) is 9.07. The molecule has 1 saturated heterocycles. The van der Waals surface area contributed by atoms with Gasteiger partial charge in [0.1, 0.15) is 0 Å². The Morgan fingerprint density at radius 3 is 2.60 bits per heavy atom. The van der Waals surface area contributed by atoms with Crippen LogP contribution in [0.1, 0.15) is 32.6 Å². The Bertz CT molecular complexity index is 229. The number of hydrogen-bond donors (Lipinski definition) is 1. The van der Waals surface area contributed by atoms with Crippen LogP contribution in [0.4, 0.5) is 0 Å². The van der Waals surface area contributed by atoms with Crippen molar-refractivity contribution in [1.29, 1.82) is 0 Å². The maximum absolute atomic E-state index is 10.3. The number of carboxylic acids is 1. The molecule has 86 valence electrons. The Kier molecular flexibility index (Phi) is 4.78. The minimum Gasteiger partial charge on any atom is -0.478 e. The van der Waals surface area contributed by atoms with Gasteiger partial charge in [-0.2, -0.15) is 0 Å². The average molecular weight is 214 g/mol. The van der Waals surface area contributed by atoms with Crippen molar-refractivity contribution < 1.29 is 19.4 Å². The van der Waals surface area contributed by atoms with E-state index in [2.05, 4.69) is 6.92 Å². The van der Waals surface area contributed by atoms with Crippen molar-refractivity contribution in [1.82, 2.24) is 0 Å². The largest absolute Gasteiger partial charge is 0.478 e. The molecule has 0 saturated carbocycles. The summed E-state index contributed by atoms with van der Waals surface area (Å²) in [5, 5.41) is 8.42. The maximum atomic E-state index is 10.3. The molecule has 0 aromatic heterocycles. The first-order valence-corrected chi connectivity index (χ1v) is 5.36. The van der Waals surface area contributed by atoms with E-state index in [9.17, 15) is 4.79 Å². The lowest BCUT2D eigenvalue weighted by molar-refractivity contribution is -0.166. The van der Waals surface area contributed by atoms with E-state index < -0.39 is 11.8 Å². The summed E-state index contributed by atoms with van der Waals surface area (Å²) in [4.78, 5) is 10.3. The lowest BCUT2D eigenvalue weighted by Crippen LogP contribution is -2.29. The van der Waals surface area contributed by atoms with Crippen LogP contribution in [0, 0.1) is 0 Å². The van der Waals surface area contributed by atoms with Gasteiger partial charge < -0.3 is 14.6 Å². The molecule has 0 aliphatic carbocycles. The number of hydrogen-bond acceptors (Lipinski definition) is 3. The summed E-state index contributed by atoms with van der Waals surface area (Å²) in [5.41, 5.74) is 0. The van der Waals surface area contributed by atoms with Gasteiger partial charge in [-0.3, -0.25) is 0 Å². The second kappa shape index (κ2) is 5.88. The Labute approximate surface area is 89.9 Å². The number of aliphatic carboxylic acids is 1. The second-order valence-electron chi connectivity index (χ2n) is 3.64. The number of ether oxygens (including phenoxy) is 2. The first-order valence-electron chi connectivity index (χ1n) is 5.36. The Balaban J connectivity index is 2.35. The minimum absolute atomic E-state index is 0.461. The summed E-state index contributed by atoms with van der Waals surface area (Å²) >= 11 is 0. The molecule has 0 aromatic carbocycles. The van der Waals surface area contributed by atoms with Crippen molar-refractivity contribution in [2.45, 2.75) is 38.4 Å². The number of carbonyl (C=O) groups is 1. The molecule has 0 aromatic rings. The fourth-order valence-corrected chi connectivity index (χ4v) is 1.78. The van der Waals surface area contributed by atoms with Crippen molar-refractivity contribution in [2.24, 2.45) is 0 Å². The van der Waals surface area contributed by atoms with E-state index in [1.165, 1.54) is 0 Å². The van der Waals surface area contributed by atoms with Crippen LogP contribution in [0.15, 0.2) is 12.2 Å². The van der Waals surface area contributed by atoms with Gasteiger partial charge in [0.15, 0.2) is 5.79 Å². The van der Waals surface area contributed by atoms with E-state index in [-0.39, 0.29) is 0 Å². The first kappa shape index (κ1) is 12.2. The van der Waals surface area contributed by atoms with Gasteiger partial charge in [0, 0.05) is 18.9 Å². The third-order valence-electron chi connectivity index (χ3n) is 2.40. The molecule has 0 spiro atoms. The quantitative estimate of drug-likeness (QED) is 0.686.